The molecule has 1 aromatic heterocycles. The molecule has 1 atom stereocenters. The molecule has 1 aliphatic rings. The van der Waals surface area contributed by atoms with Crippen molar-refractivity contribution < 1.29 is 18.7 Å². The van der Waals surface area contributed by atoms with E-state index in [1.165, 1.54) is 0 Å². The van der Waals surface area contributed by atoms with Crippen molar-refractivity contribution in [3.05, 3.63) is 48.4 Å². The van der Waals surface area contributed by atoms with E-state index in [1.54, 1.807) is 6.26 Å². The number of rotatable bonds is 1. The van der Waals surface area contributed by atoms with Crippen molar-refractivity contribution in [1.29, 1.82) is 0 Å². The molecule has 1 fully saturated rings. The first-order valence-corrected chi connectivity index (χ1v) is 6.37. The zero-order chi connectivity index (χ0) is 13.7. The van der Waals surface area contributed by atoms with Gasteiger partial charge < -0.3 is 9.15 Å². The Morgan fingerprint density at radius 3 is 2.60 bits per heavy atom. The summed E-state index contributed by atoms with van der Waals surface area (Å²) in [5, 5.41) is 3.90. The number of hydrogen-bond donors (Lipinski definition) is 0. The monoisotopic (exact) mass is 266 g/mol. The number of carbonyl (C=O) groups is 2. The minimum atomic E-state index is -0.634. The van der Waals surface area contributed by atoms with Crippen LogP contribution in [0.1, 0.15) is 18.1 Å². The molecule has 0 saturated carbocycles. The van der Waals surface area contributed by atoms with Crippen LogP contribution in [0, 0.1) is 0 Å². The van der Waals surface area contributed by atoms with E-state index in [2.05, 4.69) is 4.74 Å². The number of esters is 2. The average molecular weight is 266 g/mol. The minimum absolute atomic E-state index is 0.0463. The van der Waals surface area contributed by atoms with Crippen molar-refractivity contribution in [2.75, 3.05) is 0 Å². The summed E-state index contributed by atoms with van der Waals surface area (Å²) in [7, 11) is 0. The third-order valence-electron chi connectivity index (χ3n) is 3.71. The Kier molecular flexibility index (Phi) is 2.21. The molecule has 4 nitrogen and oxygen atoms in total. The van der Waals surface area contributed by atoms with Crippen molar-refractivity contribution in [3.63, 3.8) is 0 Å². The highest BCUT2D eigenvalue weighted by Gasteiger charge is 2.38. The second-order valence-corrected chi connectivity index (χ2v) is 4.90. The second-order valence-electron chi connectivity index (χ2n) is 4.90. The summed E-state index contributed by atoms with van der Waals surface area (Å²) in [5.74, 6) is -1.14. The van der Waals surface area contributed by atoms with Crippen LogP contribution in [0.3, 0.4) is 0 Å². The van der Waals surface area contributed by atoms with Crippen LogP contribution in [0.25, 0.3) is 21.5 Å². The summed E-state index contributed by atoms with van der Waals surface area (Å²) in [6, 6.07) is 11.8. The summed E-state index contributed by atoms with van der Waals surface area (Å²) >= 11 is 0. The van der Waals surface area contributed by atoms with Crippen LogP contribution in [0.4, 0.5) is 0 Å². The van der Waals surface area contributed by atoms with Crippen LogP contribution in [0.15, 0.2) is 47.1 Å². The fourth-order valence-electron chi connectivity index (χ4n) is 2.78. The molecule has 0 N–H and O–H groups in total. The van der Waals surface area contributed by atoms with Gasteiger partial charge in [-0.05, 0) is 10.8 Å². The number of furan rings is 1. The van der Waals surface area contributed by atoms with Gasteiger partial charge in [-0.3, -0.25) is 9.59 Å². The lowest BCUT2D eigenvalue weighted by Crippen LogP contribution is -2.04. The maximum absolute atomic E-state index is 11.8. The smallest absolute Gasteiger partial charge is 0.324 e. The lowest BCUT2D eigenvalue weighted by Gasteiger charge is -2.04. The SMILES string of the molecule is O=C1CC(c2occ3ccc4ccccc4c23)C(=O)O1. The molecule has 1 saturated heterocycles. The summed E-state index contributed by atoms with van der Waals surface area (Å²) in [6.45, 7) is 0. The molecule has 1 unspecified atom stereocenters. The molecule has 0 radical (unpaired) electrons. The van der Waals surface area contributed by atoms with Gasteiger partial charge in [0.15, 0.2) is 0 Å². The van der Waals surface area contributed by atoms with Gasteiger partial charge in [0.1, 0.15) is 11.7 Å². The van der Waals surface area contributed by atoms with Crippen LogP contribution < -0.4 is 0 Å². The van der Waals surface area contributed by atoms with Crippen LogP contribution in [-0.2, 0) is 14.3 Å². The van der Waals surface area contributed by atoms with Gasteiger partial charge in [-0.25, -0.2) is 0 Å². The van der Waals surface area contributed by atoms with E-state index in [0.29, 0.717) is 5.76 Å². The summed E-state index contributed by atoms with van der Waals surface area (Å²) < 4.78 is 10.2. The number of hydrogen-bond acceptors (Lipinski definition) is 4. The lowest BCUT2D eigenvalue weighted by molar-refractivity contribution is -0.152. The van der Waals surface area contributed by atoms with Crippen LogP contribution in [-0.4, -0.2) is 11.9 Å². The first-order valence-electron chi connectivity index (χ1n) is 6.37. The maximum Gasteiger partial charge on any atom is 0.324 e. The van der Waals surface area contributed by atoms with Gasteiger partial charge in [0.2, 0.25) is 0 Å². The Hall–Kier alpha value is -2.62. The van der Waals surface area contributed by atoms with Gasteiger partial charge in [-0.1, -0.05) is 36.4 Å². The second kappa shape index (κ2) is 3.93. The Labute approximate surface area is 113 Å². The van der Waals surface area contributed by atoms with E-state index in [-0.39, 0.29) is 6.42 Å². The quantitative estimate of drug-likeness (QED) is 0.501. The zero-order valence-corrected chi connectivity index (χ0v) is 10.5. The molecule has 4 heteroatoms. The summed E-state index contributed by atoms with van der Waals surface area (Å²) in [5.41, 5.74) is 0. The predicted molar refractivity (Wildman–Crippen MR) is 72.2 cm³/mol. The standard InChI is InChI=1S/C16H10O4/c17-13-7-12(16(18)20-13)15-14-10(8-19-15)6-5-9-3-1-2-4-11(9)14/h1-6,8,12H,7H2. The summed E-state index contributed by atoms with van der Waals surface area (Å²) in [6.07, 6.45) is 1.66. The van der Waals surface area contributed by atoms with Crippen molar-refractivity contribution in [3.8, 4) is 0 Å². The molecule has 20 heavy (non-hydrogen) atoms. The summed E-state index contributed by atoms with van der Waals surface area (Å²) in [4.78, 5) is 23.0. The first kappa shape index (κ1) is 11.2. The Bertz CT molecular complexity index is 859. The number of ether oxygens (including phenoxy) is 1. The maximum atomic E-state index is 11.8. The molecular weight excluding hydrogens is 256 g/mol. The van der Waals surface area contributed by atoms with Gasteiger partial charge in [0, 0.05) is 10.8 Å². The Morgan fingerprint density at radius 2 is 1.80 bits per heavy atom. The number of carbonyl (C=O) groups excluding carboxylic acids is 2. The largest absolute Gasteiger partial charge is 0.467 e. The topological polar surface area (TPSA) is 56.5 Å². The molecular formula is C16H10O4. The molecule has 3 aromatic rings. The molecule has 2 heterocycles. The fourth-order valence-corrected chi connectivity index (χ4v) is 2.78. The average Bonchev–Trinajstić information content (AvgIpc) is 3.01. The normalized spacial score (nSPS) is 18.9. The molecule has 0 spiro atoms. The van der Waals surface area contributed by atoms with Crippen LogP contribution >= 0.6 is 0 Å². The van der Waals surface area contributed by atoms with Gasteiger partial charge in [-0.2, -0.15) is 0 Å². The van der Waals surface area contributed by atoms with E-state index in [9.17, 15) is 9.59 Å². The Balaban J connectivity index is 2.03. The molecule has 2 aromatic carbocycles. The van der Waals surface area contributed by atoms with Crippen molar-refractivity contribution in [2.24, 2.45) is 0 Å². The van der Waals surface area contributed by atoms with E-state index in [4.69, 9.17) is 4.42 Å². The van der Waals surface area contributed by atoms with E-state index in [0.717, 1.165) is 21.5 Å². The van der Waals surface area contributed by atoms with E-state index >= 15 is 0 Å². The van der Waals surface area contributed by atoms with E-state index in [1.807, 2.05) is 36.4 Å². The zero-order valence-electron chi connectivity index (χ0n) is 10.5. The highest BCUT2D eigenvalue weighted by molar-refractivity contribution is 6.10. The fraction of sp³-hybridized carbons (Fsp3) is 0.125. The Morgan fingerprint density at radius 1 is 1.00 bits per heavy atom. The third kappa shape index (κ3) is 1.48. The van der Waals surface area contributed by atoms with Gasteiger partial charge in [0.05, 0.1) is 12.7 Å². The van der Waals surface area contributed by atoms with Crippen molar-refractivity contribution >= 4 is 33.5 Å². The molecule has 98 valence electrons. The van der Waals surface area contributed by atoms with Crippen molar-refractivity contribution in [2.45, 2.75) is 12.3 Å². The van der Waals surface area contributed by atoms with Gasteiger partial charge in [-0.15, -0.1) is 0 Å². The van der Waals surface area contributed by atoms with Crippen LogP contribution in [0.2, 0.25) is 0 Å². The van der Waals surface area contributed by atoms with Crippen LogP contribution in [0.5, 0.6) is 0 Å². The lowest BCUT2D eigenvalue weighted by atomic mass is 9.97. The van der Waals surface area contributed by atoms with E-state index < -0.39 is 17.9 Å². The molecule has 4 rings (SSSR count). The first-order chi connectivity index (χ1) is 9.74. The highest BCUT2D eigenvalue weighted by Crippen LogP contribution is 2.37. The molecule has 0 aliphatic carbocycles. The number of cyclic esters (lactones) is 2. The molecule has 1 aliphatic heterocycles. The third-order valence-corrected chi connectivity index (χ3v) is 3.71. The van der Waals surface area contributed by atoms with Gasteiger partial charge in [0.25, 0.3) is 0 Å². The predicted octanol–water partition coefficient (Wildman–Crippen LogP) is 3.14. The minimum Gasteiger partial charge on any atom is -0.467 e. The number of fused-ring (bicyclic) bond motifs is 3. The highest BCUT2D eigenvalue weighted by atomic mass is 16.6. The number of benzene rings is 2. The molecule has 0 bridgehead atoms. The van der Waals surface area contributed by atoms with Crippen molar-refractivity contribution in [1.82, 2.24) is 0 Å². The van der Waals surface area contributed by atoms with Gasteiger partial charge >= 0.3 is 11.9 Å². The molecule has 0 amide bonds.